The molecule has 2 N–H and O–H groups in total. The van der Waals surface area contributed by atoms with Crippen molar-refractivity contribution in [3.8, 4) is 0 Å². The Balaban J connectivity index is 2.11. The fourth-order valence-electron chi connectivity index (χ4n) is 2.31. The molecule has 2 aromatic carbocycles. The SMILES string of the molecule is O=C(CO)NCCC(c1ccccc1)c1ccccc1. The van der Waals surface area contributed by atoms with Crippen LogP contribution in [-0.4, -0.2) is 24.2 Å². The fraction of sp³-hybridized carbons (Fsp3) is 0.235. The Kier molecular flexibility index (Phi) is 5.33. The smallest absolute Gasteiger partial charge is 0.245 e. The quantitative estimate of drug-likeness (QED) is 0.845. The van der Waals surface area contributed by atoms with Gasteiger partial charge in [-0.15, -0.1) is 0 Å². The van der Waals surface area contributed by atoms with Crippen LogP contribution < -0.4 is 5.32 Å². The molecular formula is C17H19NO2. The third-order valence-electron chi connectivity index (χ3n) is 3.30. The summed E-state index contributed by atoms with van der Waals surface area (Å²) in [6, 6.07) is 20.5. The largest absolute Gasteiger partial charge is 0.387 e. The molecule has 3 nitrogen and oxygen atoms in total. The van der Waals surface area contributed by atoms with Crippen molar-refractivity contribution in [1.29, 1.82) is 0 Å². The number of carbonyl (C=O) groups excluding carboxylic acids is 1. The summed E-state index contributed by atoms with van der Waals surface area (Å²) in [4.78, 5) is 11.1. The van der Waals surface area contributed by atoms with Gasteiger partial charge in [0.05, 0.1) is 0 Å². The second-order valence-corrected chi connectivity index (χ2v) is 4.67. The summed E-state index contributed by atoms with van der Waals surface area (Å²) in [6.45, 7) is 0.0924. The second-order valence-electron chi connectivity index (χ2n) is 4.67. The van der Waals surface area contributed by atoms with E-state index in [4.69, 9.17) is 5.11 Å². The van der Waals surface area contributed by atoms with Crippen LogP contribution in [0.4, 0.5) is 0 Å². The molecule has 104 valence electrons. The normalized spacial score (nSPS) is 10.5. The van der Waals surface area contributed by atoms with Gasteiger partial charge < -0.3 is 10.4 Å². The van der Waals surface area contributed by atoms with Crippen molar-refractivity contribution in [1.82, 2.24) is 5.32 Å². The topological polar surface area (TPSA) is 49.3 Å². The lowest BCUT2D eigenvalue weighted by Gasteiger charge is -2.18. The Morgan fingerprint density at radius 2 is 1.45 bits per heavy atom. The van der Waals surface area contributed by atoms with Crippen LogP contribution in [0.25, 0.3) is 0 Å². The van der Waals surface area contributed by atoms with Crippen LogP contribution in [0, 0.1) is 0 Å². The molecule has 0 aliphatic rings. The molecule has 0 radical (unpaired) electrons. The number of hydrogen-bond donors (Lipinski definition) is 2. The molecule has 3 heteroatoms. The Morgan fingerprint density at radius 1 is 0.950 bits per heavy atom. The summed E-state index contributed by atoms with van der Waals surface area (Å²) in [5.41, 5.74) is 2.47. The van der Waals surface area contributed by atoms with Crippen molar-refractivity contribution >= 4 is 5.91 Å². The number of aliphatic hydroxyl groups is 1. The summed E-state index contributed by atoms with van der Waals surface area (Å²) < 4.78 is 0. The lowest BCUT2D eigenvalue weighted by atomic mass is 9.88. The van der Waals surface area contributed by atoms with E-state index in [2.05, 4.69) is 29.6 Å². The average Bonchev–Trinajstić information content (AvgIpc) is 2.53. The molecule has 0 saturated carbocycles. The van der Waals surface area contributed by atoms with E-state index in [0.717, 1.165) is 6.42 Å². The van der Waals surface area contributed by atoms with Gasteiger partial charge in [-0.3, -0.25) is 4.79 Å². The molecule has 0 fully saturated rings. The van der Waals surface area contributed by atoms with Crippen molar-refractivity contribution in [3.63, 3.8) is 0 Å². The Morgan fingerprint density at radius 3 is 1.90 bits per heavy atom. The molecule has 1 amide bonds. The number of rotatable bonds is 6. The maximum Gasteiger partial charge on any atom is 0.245 e. The van der Waals surface area contributed by atoms with Crippen molar-refractivity contribution in [2.45, 2.75) is 12.3 Å². The van der Waals surface area contributed by atoms with Crippen LogP contribution in [0.5, 0.6) is 0 Å². The minimum absolute atomic E-state index is 0.247. The predicted molar refractivity (Wildman–Crippen MR) is 79.4 cm³/mol. The highest BCUT2D eigenvalue weighted by Crippen LogP contribution is 2.27. The number of aliphatic hydroxyl groups excluding tert-OH is 1. The van der Waals surface area contributed by atoms with Gasteiger partial charge in [-0.1, -0.05) is 60.7 Å². The highest BCUT2D eigenvalue weighted by molar-refractivity contribution is 5.76. The standard InChI is InChI=1S/C17H19NO2/c19-13-17(20)18-12-11-16(14-7-3-1-4-8-14)15-9-5-2-6-10-15/h1-10,16,19H,11-13H2,(H,18,20). The highest BCUT2D eigenvalue weighted by atomic mass is 16.3. The van der Waals surface area contributed by atoms with Gasteiger partial charge >= 0.3 is 0 Å². The number of carbonyl (C=O) groups is 1. The molecule has 0 atom stereocenters. The Hall–Kier alpha value is -2.13. The molecule has 0 unspecified atom stereocenters. The molecule has 0 bridgehead atoms. The van der Waals surface area contributed by atoms with E-state index in [-0.39, 0.29) is 11.8 Å². The van der Waals surface area contributed by atoms with Crippen LogP contribution in [0.2, 0.25) is 0 Å². The van der Waals surface area contributed by atoms with Crippen LogP contribution in [0.1, 0.15) is 23.5 Å². The minimum atomic E-state index is -0.457. The third kappa shape index (κ3) is 3.93. The van der Waals surface area contributed by atoms with Crippen molar-refractivity contribution < 1.29 is 9.90 Å². The van der Waals surface area contributed by atoms with Gasteiger partial charge in [-0.25, -0.2) is 0 Å². The Labute approximate surface area is 119 Å². The molecular weight excluding hydrogens is 250 g/mol. The zero-order chi connectivity index (χ0) is 14.2. The summed E-state index contributed by atoms with van der Waals surface area (Å²) in [6.07, 6.45) is 0.805. The van der Waals surface area contributed by atoms with Gasteiger partial charge in [0.2, 0.25) is 5.91 Å². The van der Waals surface area contributed by atoms with Crippen LogP contribution >= 0.6 is 0 Å². The van der Waals surface area contributed by atoms with Gasteiger partial charge in [0.1, 0.15) is 6.61 Å². The molecule has 0 heterocycles. The first kappa shape index (κ1) is 14.3. The average molecular weight is 269 g/mol. The predicted octanol–water partition coefficient (Wildman–Crippen LogP) is 2.32. The number of benzene rings is 2. The van der Waals surface area contributed by atoms with E-state index in [1.807, 2.05) is 36.4 Å². The van der Waals surface area contributed by atoms with Crippen LogP contribution in [0.15, 0.2) is 60.7 Å². The van der Waals surface area contributed by atoms with Gasteiger partial charge in [-0.05, 0) is 17.5 Å². The summed E-state index contributed by atoms with van der Waals surface area (Å²) in [5.74, 6) is -0.0822. The van der Waals surface area contributed by atoms with E-state index in [0.29, 0.717) is 6.54 Å². The summed E-state index contributed by atoms with van der Waals surface area (Å²) in [7, 11) is 0. The van der Waals surface area contributed by atoms with Gasteiger partial charge in [0, 0.05) is 12.5 Å². The van der Waals surface area contributed by atoms with Gasteiger partial charge in [-0.2, -0.15) is 0 Å². The molecule has 0 aliphatic carbocycles. The number of hydrogen-bond acceptors (Lipinski definition) is 2. The molecule has 0 aliphatic heterocycles. The molecule has 20 heavy (non-hydrogen) atoms. The summed E-state index contributed by atoms with van der Waals surface area (Å²) >= 11 is 0. The van der Waals surface area contributed by atoms with E-state index in [9.17, 15) is 4.79 Å². The monoisotopic (exact) mass is 269 g/mol. The molecule has 2 aromatic rings. The third-order valence-corrected chi connectivity index (χ3v) is 3.30. The van der Waals surface area contributed by atoms with Gasteiger partial charge in [0.25, 0.3) is 0 Å². The van der Waals surface area contributed by atoms with E-state index >= 15 is 0 Å². The molecule has 0 saturated heterocycles. The zero-order valence-electron chi connectivity index (χ0n) is 11.3. The summed E-state index contributed by atoms with van der Waals surface area (Å²) in [5, 5.41) is 11.4. The Bertz CT molecular complexity index is 486. The number of nitrogens with one attached hydrogen (secondary N) is 1. The molecule has 2 rings (SSSR count). The highest BCUT2D eigenvalue weighted by Gasteiger charge is 2.13. The van der Waals surface area contributed by atoms with E-state index < -0.39 is 6.61 Å². The van der Waals surface area contributed by atoms with Crippen molar-refractivity contribution in [2.75, 3.05) is 13.2 Å². The lowest BCUT2D eigenvalue weighted by molar-refractivity contribution is -0.123. The molecule has 0 spiro atoms. The van der Waals surface area contributed by atoms with Crippen LogP contribution in [-0.2, 0) is 4.79 Å². The molecule has 0 aromatic heterocycles. The first-order valence-electron chi connectivity index (χ1n) is 6.78. The first-order valence-corrected chi connectivity index (χ1v) is 6.78. The zero-order valence-corrected chi connectivity index (χ0v) is 11.3. The maximum absolute atomic E-state index is 11.1. The maximum atomic E-state index is 11.1. The first-order chi connectivity index (χ1) is 9.81. The van der Waals surface area contributed by atoms with Crippen molar-refractivity contribution in [2.24, 2.45) is 0 Å². The minimum Gasteiger partial charge on any atom is -0.387 e. The van der Waals surface area contributed by atoms with Gasteiger partial charge in [0.15, 0.2) is 0 Å². The van der Waals surface area contributed by atoms with E-state index in [1.54, 1.807) is 0 Å². The van der Waals surface area contributed by atoms with E-state index in [1.165, 1.54) is 11.1 Å². The van der Waals surface area contributed by atoms with Crippen molar-refractivity contribution in [3.05, 3.63) is 71.8 Å². The number of amides is 1. The van der Waals surface area contributed by atoms with Crippen LogP contribution in [0.3, 0.4) is 0 Å². The second kappa shape index (κ2) is 7.46. The lowest BCUT2D eigenvalue weighted by Crippen LogP contribution is -2.28. The fourth-order valence-corrected chi connectivity index (χ4v) is 2.31.